The van der Waals surface area contributed by atoms with Crippen molar-refractivity contribution in [1.29, 1.82) is 0 Å². The quantitative estimate of drug-likeness (QED) is 0.235. The summed E-state index contributed by atoms with van der Waals surface area (Å²) in [5.74, 6) is 3.54. The van der Waals surface area contributed by atoms with Gasteiger partial charge in [0.05, 0.1) is 34.1 Å². The van der Waals surface area contributed by atoms with Crippen molar-refractivity contribution in [3.63, 3.8) is 0 Å². The summed E-state index contributed by atoms with van der Waals surface area (Å²) >= 11 is 0. The predicted octanol–water partition coefficient (Wildman–Crippen LogP) is 5.28. The average molecular weight is 533 g/mol. The highest BCUT2D eigenvalue weighted by molar-refractivity contribution is 5.92. The molecule has 0 radical (unpaired) electrons. The highest BCUT2D eigenvalue weighted by Crippen LogP contribution is 2.44. The molecule has 0 unspecified atom stereocenters. The van der Waals surface area contributed by atoms with Crippen LogP contribution < -0.4 is 19.6 Å². The zero-order valence-corrected chi connectivity index (χ0v) is 23.2. The molecule has 10 heteroatoms. The zero-order chi connectivity index (χ0) is 27.6. The van der Waals surface area contributed by atoms with Crippen LogP contribution in [-0.4, -0.2) is 73.6 Å². The number of nitrogens with zero attached hydrogens (tertiary/aromatic N) is 10. The number of unbranched alkanes of at least 4 members (excludes halogenated alkanes) is 1. The molecule has 0 saturated carbocycles. The fourth-order valence-corrected chi connectivity index (χ4v) is 5.07. The second kappa shape index (κ2) is 10.7. The van der Waals surface area contributed by atoms with E-state index < -0.39 is 0 Å². The van der Waals surface area contributed by atoms with Crippen LogP contribution in [0.1, 0.15) is 24.2 Å². The standard InChI is InChI=1S/C30H32N10/c1-37-23-9-7-17-33-27(23)39(3)29-25(37)13-11-21(35-29)19-31-15-5-6-16-32-20-22-12-14-26-30(36-22)40(4)28-24(38(26)2)10-8-18-34-28/h7-14,17-20H,5-6,15-16H2,1-4H3/b31-19-,32-20+. The maximum Gasteiger partial charge on any atom is 0.158 e. The topological polar surface area (TPSA) is 89.2 Å². The first kappa shape index (κ1) is 25.4. The van der Waals surface area contributed by atoms with Crippen LogP contribution in [0.15, 0.2) is 70.9 Å². The van der Waals surface area contributed by atoms with E-state index in [1.165, 1.54) is 0 Å². The maximum absolute atomic E-state index is 4.83. The van der Waals surface area contributed by atoms with Gasteiger partial charge in [0.15, 0.2) is 23.3 Å². The smallest absolute Gasteiger partial charge is 0.158 e. The van der Waals surface area contributed by atoms with Crippen molar-refractivity contribution >= 4 is 58.5 Å². The minimum atomic E-state index is 0.731. The van der Waals surface area contributed by atoms with Gasteiger partial charge in [-0.05, 0) is 61.4 Å². The van der Waals surface area contributed by atoms with Crippen LogP contribution in [0.2, 0.25) is 0 Å². The molecular formula is C30H32N10. The highest BCUT2D eigenvalue weighted by atomic mass is 15.3. The lowest BCUT2D eigenvalue weighted by atomic mass is 10.2. The summed E-state index contributed by atoms with van der Waals surface area (Å²) in [5, 5.41) is 0. The fraction of sp³-hybridized carbons (Fsp3) is 0.267. The van der Waals surface area contributed by atoms with Crippen LogP contribution >= 0.6 is 0 Å². The van der Waals surface area contributed by atoms with Crippen LogP contribution in [0.4, 0.5) is 46.0 Å². The number of hydrogen-bond donors (Lipinski definition) is 0. The molecule has 0 atom stereocenters. The van der Waals surface area contributed by atoms with Crippen LogP contribution in [0.25, 0.3) is 0 Å². The Labute approximate surface area is 234 Å². The Morgan fingerprint density at radius 1 is 0.550 bits per heavy atom. The lowest BCUT2D eigenvalue weighted by Crippen LogP contribution is -2.26. The summed E-state index contributed by atoms with van der Waals surface area (Å²) in [6.07, 6.45) is 9.22. The van der Waals surface area contributed by atoms with Crippen molar-refractivity contribution in [1.82, 2.24) is 19.9 Å². The Bertz CT molecular complexity index is 1480. The Balaban J connectivity index is 1.01. The Morgan fingerprint density at radius 2 is 0.975 bits per heavy atom. The molecule has 0 saturated heterocycles. The molecular weight excluding hydrogens is 500 g/mol. The first-order chi connectivity index (χ1) is 19.5. The van der Waals surface area contributed by atoms with Crippen molar-refractivity contribution in [2.45, 2.75) is 12.8 Å². The summed E-state index contributed by atoms with van der Waals surface area (Å²) in [6, 6.07) is 16.2. The van der Waals surface area contributed by atoms with Crippen molar-refractivity contribution in [3.05, 3.63) is 72.3 Å². The van der Waals surface area contributed by atoms with E-state index in [-0.39, 0.29) is 0 Å². The number of pyridine rings is 4. The van der Waals surface area contributed by atoms with Gasteiger partial charge in [0.1, 0.15) is 0 Å². The normalized spacial score (nSPS) is 14.0. The molecule has 0 amide bonds. The lowest BCUT2D eigenvalue weighted by Gasteiger charge is -2.34. The van der Waals surface area contributed by atoms with Crippen LogP contribution in [0.5, 0.6) is 0 Å². The van der Waals surface area contributed by atoms with Gasteiger partial charge < -0.3 is 19.6 Å². The number of aliphatic imine (C=N–C) groups is 2. The molecule has 4 aromatic rings. The van der Waals surface area contributed by atoms with Gasteiger partial charge >= 0.3 is 0 Å². The second-order valence-corrected chi connectivity index (χ2v) is 9.86. The third kappa shape index (κ3) is 4.61. The minimum absolute atomic E-state index is 0.731. The van der Waals surface area contributed by atoms with E-state index in [1.54, 1.807) is 12.4 Å². The van der Waals surface area contributed by atoms with Gasteiger partial charge in [-0.2, -0.15) is 0 Å². The molecule has 6 heterocycles. The summed E-state index contributed by atoms with van der Waals surface area (Å²) in [5.41, 5.74) is 5.90. The lowest BCUT2D eigenvalue weighted by molar-refractivity contribution is 0.759. The van der Waals surface area contributed by atoms with Crippen LogP contribution in [-0.2, 0) is 0 Å². The highest BCUT2D eigenvalue weighted by Gasteiger charge is 2.27. The van der Waals surface area contributed by atoms with Crippen LogP contribution in [0, 0.1) is 0 Å². The number of rotatable bonds is 7. The molecule has 6 rings (SSSR count). The van der Waals surface area contributed by atoms with Crippen molar-refractivity contribution in [2.75, 3.05) is 60.9 Å². The van der Waals surface area contributed by atoms with Gasteiger partial charge in [-0.3, -0.25) is 9.98 Å². The van der Waals surface area contributed by atoms with Crippen molar-refractivity contribution in [3.8, 4) is 0 Å². The molecule has 4 aromatic heterocycles. The van der Waals surface area contributed by atoms with Crippen molar-refractivity contribution < 1.29 is 0 Å². The fourth-order valence-electron chi connectivity index (χ4n) is 5.07. The molecule has 2 aliphatic rings. The summed E-state index contributed by atoms with van der Waals surface area (Å²) in [4.78, 5) is 36.2. The van der Waals surface area contributed by atoms with E-state index in [9.17, 15) is 0 Å². The molecule has 0 fully saturated rings. The SMILES string of the molecule is CN1c2cccnc2N(C)c2nc(/C=N\CCCC/N=C/c3ccc4c(n3)N(C)c3ncccc3N4C)ccc21. The van der Waals surface area contributed by atoms with Gasteiger partial charge in [-0.25, -0.2) is 19.9 Å². The monoisotopic (exact) mass is 532 g/mol. The molecule has 202 valence electrons. The van der Waals surface area contributed by atoms with E-state index in [1.807, 2.05) is 74.7 Å². The predicted molar refractivity (Wildman–Crippen MR) is 163 cm³/mol. The molecule has 0 bridgehead atoms. The van der Waals surface area contributed by atoms with Gasteiger partial charge in [-0.15, -0.1) is 0 Å². The average Bonchev–Trinajstić information content (AvgIpc) is 3.00. The molecule has 10 nitrogen and oxygen atoms in total. The van der Waals surface area contributed by atoms with E-state index >= 15 is 0 Å². The van der Waals surface area contributed by atoms with Gasteiger partial charge in [0.2, 0.25) is 0 Å². The maximum atomic E-state index is 4.83. The van der Waals surface area contributed by atoms with E-state index in [4.69, 9.17) is 9.97 Å². The summed E-state index contributed by atoms with van der Waals surface area (Å²) in [6.45, 7) is 1.46. The number of anilines is 8. The summed E-state index contributed by atoms with van der Waals surface area (Å²) in [7, 11) is 8.08. The second-order valence-electron chi connectivity index (χ2n) is 9.86. The third-order valence-corrected chi connectivity index (χ3v) is 7.27. The minimum Gasteiger partial charge on any atom is -0.339 e. The van der Waals surface area contributed by atoms with Gasteiger partial charge in [0.25, 0.3) is 0 Å². The molecule has 0 N–H and O–H groups in total. The van der Waals surface area contributed by atoms with Crippen LogP contribution in [0.3, 0.4) is 0 Å². The Hall–Kier alpha value is -4.86. The third-order valence-electron chi connectivity index (χ3n) is 7.27. The number of hydrogen-bond acceptors (Lipinski definition) is 10. The van der Waals surface area contributed by atoms with E-state index in [2.05, 4.69) is 54.0 Å². The van der Waals surface area contributed by atoms with Gasteiger partial charge in [-0.1, -0.05) is 0 Å². The first-order valence-electron chi connectivity index (χ1n) is 13.4. The first-order valence-corrected chi connectivity index (χ1v) is 13.4. The number of aromatic nitrogens is 4. The molecule has 0 aliphatic carbocycles. The Morgan fingerprint density at radius 3 is 1.43 bits per heavy atom. The largest absolute Gasteiger partial charge is 0.339 e. The molecule has 0 spiro atoms. The Kier molecular flexibility index (Phi) is 6.81. The molecule has 2 aliphatic heterocycles. The van der Waals surface area contributed by atoms with Crippen molar-refractivity contribution in [2.24, 2.45) is 9.98 Å². The zero-order valence-electron chi connectivity index (χ0n) is 23.2. The van der Waals surface area contributed by atoms with Gasteiger partial charge in [0, 0.05) is 66.1 Å². The number of fused-ring (bicyclic) bond motifs is 4. The summed E-state index contributed by atoms with van der Waals surface area (Å²) < 4.78 is 0. The molecule has 40 heavy (non-hydrogen) atoms. The van der Waals surface area contributed by atoms with E-state index in [0.29, 0.717) is 0 Å². The molecule has 0 aromatic carbocycles. The van der Waals surface area contributed by atoms with E-state index in [0.717, 1.165) is 83.3 Å².